The molecule has 1 amide bonds. The van der Waals surface area contributed by atoms with Gasteiger partial charge in [-0.1, -0.05) is 11.6 Å². The zero-order chi connectivity index (χ0) is 14.9. The number of aryl methyl sites for hydroxylation is 2. The number of amides is 1. The van der Waals surface area contributed by atoms with Crippen molar-refractivity contribution in [1.82, 2.24) is 25.5 Å². The van der Waals surface area contributed by atoms with Crippen molar-refractivity contribution in [3.8, 4) is 0 Å². The Morgan fingerprint density at radius 1 is 1.35 bits per heavy atom. The summed E-state index contributed by atoms with van der Waals surface area (Å²) in [6.45, 7) is 5.20. The Morgan fingerprint density at radius 2 is 2.05 bits per heavy atom. The van der Waals surface area contributed by atoms with Crippen molar-refractivity contribution in [1.29, 1.82) is 0 Å². The Balaban J connectivity index is 2.22. The van der Waals surface area contributed by atoms with Gasteiger partial charge in [0, 0.05) is 5.69 Å². The fourth-order valence-electron chi connectivity index (χ4n) is 1.84. The van der Waals surface area contributed by atoms with E-state index in [4.69, 9.17) is 11.6 Å². The highest BCUT2D eigenvalue weighted by Gasteiger charge is 2.18. The summed E-state index contributed by atoms with van der Waals surface area (Å²) < 4.78 is 0. The number of aromatic nitrogens is 4. The van der Waals surface area contributed by atoms with Gasteiger partial charge in [0.1, 0.15) is 11.4 Å². The maximum absolute atomic E-state index is 12.1. The first-order chi connectivity index (χ1) is 9.40. The fourth-order valence-corrected chi connectivity index (χ4v) is 1.98. The third-order valence-electron chi connectivity index (χ3n) is 2.84. The Morgan fingerprint density at radius 3 is 2.65 bits per heavy atom. The lowest BCUT2D eigenvalue weighted by Gasteiger charge is -2.08. The van der Waals surface area contributed by atoms with Crippen molar-refractivity contribution in [3.05, 3.63) is 43.8 Å². The highest BCUT2D eigenvalue weighted by Crippen LogP contribution is 2.18. The van der Waals surface area contributed by atoms with Crippen LogP contribution in [0.3, 0.4) is 0 Å². The molecule has 0 aliphatic heterocycles. The van der Waals surface area contributed by atoms with Crippen molar-refractivity contribution >= 4 is 17.5 Å². The van der Waals surface area contributed by atoms with E-state index in [1.165, 1.54) is 0 Å². The zero-order valence-electron chi connectivity index (χ0n) is 11.3. The second-order valence-corrected chi connectivity index (χ2v) is 4.79. The molecule has 0 radical (unpaired) electrons. The van der Waals surface area contributed by atoms with Gasteiger partial charge >= 0.3 is 0 Å². The van der Waals surface area contributed by atoms with E-state index in [9.17, 15) is 9.59 Å². The molecule has 2 rings (SSSR count). The average Bonchev–Trinajstić information content (AvgIpc) is 2.79. The molecule has 0 bridgehead atoms. The predicted molar refractivity (Wildman–Crippen MR) is 73.8 cm³/mol. The van der Waals surface area contributed by atoms with E-state index < -0.39 is 11.5 Å². The van der Waals surface area contributed by atoms with E-state index in [2.05, 4.69) is 25.5 Å². The van der Waals surface area contributed by atoms with Gasteiger partial charge in [-0.2, -0.15) is 5.10 Å². The first-order valence-electron chi connectivity index (χ1n) is 5.95. The lowest BCUT2D eigenvalue weighted by Crippen LogP contribution is -2.31. The lowest BCUT2D eigenvalue weighted by atomic mass is 10.1. The zero-order valence-corrected chi connectivity index (χ0v) is 12.1. The summed E-state index contributed by atoms with van der Waals surface area (Å²) in [5.74, 6) is 0.595. The Bertz CT molecular complexity index is 719. The standard InChI is InChI=1S/C12H14ClN5O2/c1-5-9(12(20)15-6(2)10(5)13)11(19)14-4-8-16-7(3)17-18-8/h4H2,1-3H3,(H,14,19)(H,15,20)(H,16,17,18). The Labute approximate surface area is 119 Å². The number of hydrogen-bond donors (Lipinski definition) is 3. The van der Waals surface area contributed by atoms with Crippen LogP contribution in [0.4, 0.5) is 0 Å². The van der Waals surface area contributed by atoms with Gasteiger partial charge in [-0.25, -0.2) is 4.98 Å². The van der Waals surface area contributed by atoms with Crippen LogP contribution in [-0.2, 0) is 6.54 Å². The number of rotatable bonds is 3. The lowest BCUT2D eigenvalue weighted by molar-refractivity contribution is 0.0947. The molecule has 0 fully saturated rings. The van der Waals surface area contributed by atoms with Crippen LogP contribution in [0.15, 0.2) is 4.79 Å². The van der Waals surface area contributed by atoms with Crippen molar-refractivity contribution in [2.24, 2.45) is 0 Å². The SMILES string of the molecule is Cc1nc(CNC(=O)c2c(C)c(Cl)c(C)[nH]c2=O)n[nH]1. The molecule has 0 aliphatic carbocycles. The van der Waals surface area contributed by atoms with Gasteiger partial charge in [0.15, 0.2) is 5.82 Å². The molecule has 2 heterocycles. The first kappa shape index (κ1) is 14.3. The molecular weight excluding hydrogens is 282 g/mol. The minimum Gasteiger partial charge on any atom is -0.344 e. The van der Waals surface area contributed by atoms with Gasteiger partial charge in [0.2, 0.25) is 0 Å². The maximum Gasteiger partial charge on any atom is 0.261 e. The van der Waals surface area contributed by atoms with Crippen molar-refractivity contribution in [3.63, 3.8) is 0 Å². The van der Waals surface area contributed by atoms with E-state index in [1.54, 1.807) is 20.8 Å². The normalized spacial score (nSPS) is 10.6. The van der Waals surface area contributed by atoms with Gasteiger partial charge in [0.05, 0.1) is 11.6 Å². The third kappa shape index (κ3) is 2.72. The van der Waals surface area contributed by atoms with E-state index in [0.717, 1.165) is 0 Å². The van der Waals surface area contributed by atoms with Crippen molar-refractivity contribution in [2.45, 2.75) is 27.3 Å². The molecule has 8 heteroatoms. The second kappa shape index (κ2) is 5.46. The number of nitrogens with zero attached hydrogens (tertiary/aromatic N) is 2. The topological polar surface area (TPSA) is 104 Å². The number of pyridine rings is 1. The molecule has 106 valence electrons. The van der Waals surface area contributed by atoms with Crippen LogP contribution in [0.25, 0.3) is 0 Å². The Kier molecular flexibility index (Phi) is 3.89. The summed E-state index contributed by atoms with van der Waals surface area (Å²) in [5.41, 5.74) is 0.535. The number of carbonyl (C=O) groups is 1. The van der Waals surface area contributed by atoms with Gasteiger partial charge in [-0.3, -0.25) is 14.7 Å². The molecule has 0 aliphatic rings. The highest BCUT2D eigenvalue weighted by molar-refractivity contribution is 6.32. The van der Waals surface area contributed by atoms with E-state index in [0.29, 0.717) is 27.9 Å². The predicted octanol–water partition coefficient (Wildman–Crippen LogP) is 1.00. The van der Waals surface area contributed by atoms with E-state index in [1.807, 2.05) is 0 Å². The van der Waals surface area contributed by atoms with Crippen molar-refractivity contribution < 1.29 is 4.79 Å². The quantitative estimate of drug-likeness (QED) is 0.786. The van der Waals surface area contributed by atoms with E-state index in [-0.39, 0.29) is 12.1 Å². The number of carbonyl (C=O) groups excluding carboxylic acids is 1. The average molecular weight is 296 g/mol. The number of nitrogens with one attached hydrogen (secondary N) is 3. The summed E-state index contributed by atoms with van der Waals surface area (Å²) >= 11 is 6.04. The highest BCUT2D eigenvalue weighted by atomic mass is 35.5. The summed E-state index contributed by atoms with van der Waals surface area (Å²) in [6, 6.07) is 0. The minimum absolute atomic E-state index is 0.00728. The van der Waals surface area contributed by atoms with Crippen LogP contribution in [-0.4, -0.2) is 26.1 Å². The van der Waals surface area contributed by atoms with Crippen LogP contribution < -0.4 is 10.9 Å². The maximum atomic E-state index is 12.1. The van der Waals surface area contributed by atoms with Gasteiger partial charge in [0.25, 0.3) is 11.5 Å². The van der Waals surface area contributed by atoms with Crippen molar-refractivity contribution in [2.75, 3.05) is 0 Å². The monoisotopic (exact) mass is 295 g/mol. The molecule has 0 saturated heterocycles. The van der Waals surface area contributed by atoms with E-state index >= 15 is 0 Å². The Hall–Kier alpha value is -2.15. The smallest absolute Gasteiger partial charge is 0.261 e. The van der Waals surface area contributed by atoms with Crippen LogP contribution in [0.1, 0.15) is 33.3 Å². The molecule has 0 unspecified atom stereocenters. The summed E-state index contributed by atoms with van der Waals surface area (Å²) in [6.07, 6.45) is 0. The summed E-state index contributed by atoms with van der Waals surface area (Å²) in [7, 11) is 0. The molecule has 3 N–H and O–H groups in total. The van der Waals surface area contributed by atoms with Crippen LogP contribution in [0.2, 0.25) is 5.02 Å². The molecule has 7 nitrogen and oxygen atoms in total. The second-order valence-electron chi connectivity index (χ2n) is 4.41. The van der Waals surface area contributed by atoms with Crippen LogP contribution >= 0.6 is 11.6 Å². The number of halogens is 1. The molecule has 2 aromatic rings. The fraction of sp³-hybridized carbons (Fsp3) is 0.333. The van der Waals surface area contributed by atoms with Gasteiger partial charge in [-0.15, -0.1) is 0 Å². The molecule has 20 heavy (non-hydrogen) atoms. The number of H-pyrrole nitrogens is 2. The summed E-state index contributed by atoms with van der Waals surface area (Å²) in [4.78, 5) is 30.5. The third-order valence-corrected chi connectivity index (χ3v) is 3.41. The number of hydrogen-bond acceptors (Lipinski definition) is 4. The van der Waals surface area contributed by atoms with Gasteiger partial charge in [-0.05, 0) is 26.3 Å². The molecule has 0 spiro atoms. The largest absolute Gasteiger partial charge is 0.344 e. The first-order valence-corrected chi connectivity index (χ1v) is 6.33. The summed E-state index contributed by atoms with van der Waals surface area (Å²) in [5, 5.41) is 9.54. The molecule has 0 aromatic carbocycles. The molecule has 0 atom stereocenters. The number of aromatic amines is 2. The molecule has 2 aromatic heterocycles. The van der Waals surface area contributed by atoms with Crippen LogP contribution in [0, 0.1) is 20.8 Å². The minimum atomic E-state index is -0.506. The van der Waals surface area contributed by atoms with Gasteiger partial charge < -0.3 is 10.3 Å². The van der Waals surface area contributed by atoms with Crippen LogP contribution in [0.5, 0.6) is 0 Å². The molecule has 0 saturated carbocycles. The molecular formula is C12H14ClN5O2.